The van der Waals surface area contributed by atoms with Gasteiger partial charge in [0.15, 0.2) is 5.82 Å². The third kappa shape index (κ3) is 2.05. The summed E-state index contributed by atoms with van der Waals surface area (Å²) in [4.78, 5) is 13.6. The van der Waals surface area contributed by atoms with Crippen molar-refractivity contribution in [2.45, 2.75) is 27.3 Å². The summed E-state index contributed by atoms with van der Waals surface area (Å²) in [7, 11) is 0. The van der Waals surface area contributed by atoms with Crippen molar-refractivity contribution in [3.8, 4) is 10.7 Å². The number of thiazole rings is 1. The second kappa shape index (κ2) is 4.43. The third-order valence-electron chi connectivity index (χ3n) is 3.33. The first-order valence-corrected chi connectivity index (χ1v) is 7.04. The number of nitrogens with zero attached hydrogens (tertiary/aromatic N) is 2. The SMILES string of the molecule is Cc1cc2nc(-c3sc(CN)nc3C)[nH]c2cc1C. The van der Waals surface area contributed by atoms with Gasteiger partial charge in [-0.2, -0.15) is 0 Å². The van der Waals surface area contributed by atoms with E-state index in [0.717, 1.165) is 32.4 Å². The molecule has 0 unspecified atom stereocenters. The zero-order chi connectivity index (χ0) is 13.6. The summed E-state index contributed by atoms with van der Waals surface area (Å²) in [5.74, 6) is 0.884. The van der Waals surface area contributed by atoms with Crippen molar-refractivity contribution >= 4 is 22.4 Å². The highest BCUT2D eigenvalue weighted by molar-refractivity contribution is 7.15. The van der Waals surface area contributed by atoms with Gasteiger partial charge in [0.1, 0.15) is 5.01 Å². The molecule has 0 aliphatic rings. The number of aromatic amines is 1. The number of nitrogens with one attached hydrogen (secondary N) is 1. The molecule has 2 heterocycles. The topological polar surface area (TPSA) is 67.6 Å². The van der Waals surface area contributed by atoms with Crippen LogP contribution in [0.1, 0.15) is 21.8 Å². The minimum absolute atomic E-state index is 0.476. The van der Waals surface area contributed by atoms with E-state index >= 15 is 0 Å². The van der Waals surface area contributed by atoms with Crippen LogP contribution in [-0.4, -0.2) is 15.0 Å². The van der Waals surface area contributed by atoms with Gasteiger partial charge in [0.05, 0.1) is 21.6 Å². The molecule has 0 fully saturated rings. The van der Waals surface area contributed by atoms with Gasteiger partial charge >= 0.3 is 0 Å². The number of benzene rings is 1. The Hall–Kier alpha value is -1.72. The molecule has 0 aliphatic heterocycles. The Bertz CT molecular complexity index is 715. The predicted octanol–water partition coefficient (Wildman–Crippen LogP) is 3.07. The van der Waals surface area contributed by atoms with E-state index in [9.17, 15) is 0 Å². The maximum absolute atomic E-state index is 5.64. The number of fused-ring (bicyclic) bond motifs is 1. The van der Waals surface area contributed by atoms with E-state index < -0.39 is 0 Å². The molecule has 98 valence electrons. The molecule has 0 spiro atoms. The van der Waals surface area contributed by atoms with Crippen molar-refractivity contribution in [1.82, 2.24) is 15.0 Å². The van der Waals surface area contributed by atoms with Gasteiger partial charge in [-0.05, 0) is 44.0 Å². The average Bonchev–Trinajstić information content (AvgIpc) is 2.93. The Kier molecular flexibility index (Phi) is 2.88. The van der Waals surface area contributed by atoms with E-state index in [1.165, 1.54) is 11.1 Å². The van der Waals surface area contributed by atoms with Crippen LogP contribution in [0.2, 0.25) is 0 Å². The maximum atomic E-state index is 5.64. The van der Waals surface area contributed by atoms with Crippen molar-refractivity contribution in [2.75, 3.05) is 0 Å². The molecule has 0 amide bonds. The van der Waals surface area contributed by atoms with Gasteiger partial charge in [0, 0.05) is 6.54 Å². The molecule has 0 radical (unpaired) electrons. The number of hydrogen-bond acceptors (Lipinski definition) is 4. The van der Waals surface area contributed by atoms with E-state index in [-0.39, 0.29) is 0 Å². The summed E-state index contributed by atoms with van der Waals surface area (Å²) in [5, 5.41) is 0.945. The average molecular weight is 272 g/mol. The second-order valence-electron chi connectivity index (χ2n) is 4.77. The molecule has 1 aromatic carbocycles. The Morgan fingerprint density at radius 3 is 2.58 bits per heavy atom. The molecule has 0 aliphatic carbocycles. The van der Waals surface area contributed by atoms with Crippen molar-refractivity contribution in [3.05, 3.63) is 34.0 Å². The molecular formula is C14H16N4S. The van der Waals surface area contributed by atoms with Crippen LogP contribution in [0.25, 0.3) is 21.7 Å². The minimum atomic E-state index is 0.476. The maximum Gasteiger partial charge on any atom is 0.150 e. The number of aromatic nitrogens is 3. The second-order valence-corrected chi connectivity index (χ2v) is 5.85. The zero-order valence-electron chi connectivity index (χ0n) is 11.2. The van der Waals surface area contributed by atoms with Gasteiger partial charge in [-0.25, -0.2) is 9.97 Å². The molecule has 0 bridgehead atoms. The molecule has 4 nitrogen and oxygen atoms in total. The largest absolute Gasteiger partial charge is 0.337 e. The number of aryl methyl sites for hydroxylation is 3. The lowest BCUT2D eigenvalue weighted by Gasteiger charge is -1.97. The smallest absolute Gasteiger partial charge is 0.150 e. The number of hydrogen-bond donors (Lipinski definition) is 2. The van der Waals surface area contributed by atoms with Crippen LogP contribution in [-0.2, 0) is 6.54 Å². The van der Waals surface area contributed by atoms with Crippen LogP contribution >= 0.6 is 11.3 Å². The molecule has 0 saturated heterocycles. The molecule has 19 heavy (non-hydrogen) atoms. The highest BCUT2D eigenvalue weighted by Gasteiger charge is 2.13. The molecule has 0 saturated carbocycles. The quantitative estimate of drug-likeness (QED) is 0.753. The van der Waals surface area contributed by atoms with E-state index in [1.54, 1.807) is 11.3 Å². The van der Waals surface area contributed by atoms with Gasteiger partial charge < -0.3 is 10.7 Å². The molecule has 3 rings (SSSR count). The van der Waals surface area contributed by atoms with Crippen molar-refractivity contribution < 1.29 is 0 Å². The summed E-state index contributed by atoms with van der Waals surface area (Å²) in [6.45, 7) is 6.69. The van der Waals surface area contributed by atoms with Crippen molar-refractivity contribution in [2.24, 2.45) is 5.73 Å². The number of rotatable bonds is 2. The molecule has 2 aromatic heterocycles. The Labute approximate surface area is 115 Å². The summed E-state index contributed by atoms with van der Waals surface area (Å²) in [6, 6.07) is 4.26. The van der Waals surface area contributed by atoms with Gasteiger partial charge in [-0.1, -0.05) is 0 Å². The highest BCUT2D eigenvalue weighted by atomic mass is 32.1. The van der Waals surface area contributed by atoms with Crippen molar-refractivity contribution in [1.29, 1.82) is 0 Å². The van der Waals surface area contributed by atoms with Crippen LogP contribution in [0.5, 0.6) is 0 Å². The molecule has 0 atom stereocenters. The first-order valence-electron chi connectivity index (χ1n) is 6.22. The van der Waals surface area contributed by atoms with E-state index in [0.29, 0.717) is 6.54 Å². The molecule has 3 N–H and O–H groups in total. The van der Waals surface area contributed by atoms with Crippen LogP contribution in [0.4, 0.5) is 0 Å². The van der Waals surface area contributed by atoms with Gasteiger partial charge in [0.2, 0.25) is 0 Å². The summed E-state index contributed by atoms with van der Waals surface area (Å²) in [6.07, 6.45) is 0. The van der Waals surface area contributed by atoms with Gasteiger partial charge in [-0.15, -0.1) is 11.3 Å². The fourth-order valence-electron chi connectivity index (χ4n) is 2.14. The monoisotopic (exact) mass is 272 g/mol. The molecular weight excluding hydrogens is 256 g/mol. The van der Waals surface area contributed by atoms with Gasteiger partial charge in [-0.3, -0.25) is 0 Å². The lowest BCUT2D eigenvalue weighted by atomic mass is 10.1. The third-order valence-corrected chi connectivity index (χ3v) is 4.51. The fourth-order valence-corrected chi connectivity index (χ4v) is 3.02. The number of H-pyrrole nitrogens is 1. The lowest BCUT2D eigenvalue weighted by Crippen LogP contribution is -1.94. The van der Waals surface area contributed by atoms with E-state index in [4.69, 9.17) is 5.73 Å². The minimum Gasteiger partial charge on any atom is -0.337 e. The zero-order valence-corrected chi connectivity index (χ0v) is 12.1. The first kappa shape index (κ1) is 12.3. The molecule has 3 aromatic rings. The number of imidazole rings is 1. The Balaban J connectivity index is 2.17. The summed E-state index contributed by atoms with van der Waals surface area (Å²) in [5.41, 5.74) is 11.2. The summed E-state index contributed by atoms with van der Waals surface area (Å²) < 4.78 is 0. The summed E-state index contributed by atoms with van der Waals surface area (Å²) >= 11 is 1.61. The highest BCUT2D eigenvalue weighted by Crippen LogP contribution is 2.30. The first-order chi connectivity index (χ1) is 9.08. The Morgan fingerprint density at radius 1 is 1.16 bits per heavy atom. The predicted molar refractivity (Wildman–Crippen MR) is 79.3 cm³/mol. The number of nitrogens with two attached hydrogens (primary N) is 1. The van der Waals surface area contributed by atoms with Crippen LogP contribution in [0, 0.1) is 20.8 Å². The van der Waals surface area contributed by atoms with Crippen LogP contribution < -0.4 is 5.73 Å². The Morgan fingerprint density at radius 2 is 1.89 bits per heavy atom. The van der Waals surface area contributed by atoms with Gasteiger partial charge in [0.25, 0.3) is 0 Å². The fraction of sp³-hybridized carbons (Fsp3) is 0.286. The van der Waals surface area contributed by atoms with E-state index in [1.807, 2.05) is 6.92 Å². The molecule has 5 heteroatoms. The van der Waals surface area contributed by atoms with Crippen molar-refractivity contribution in [3.63, 3.8) is 0 Å². The van der Waals surface area contributed by atoms with Crippen LogP contribution in [0.15, 0.2) is 12.1 Å². The lowest BCUT2D eigenvalue weighted by molar-refractivity contribution is 1.02. The standard InChI is InChI=1S/C14H16N4S/c1-7-4-10-11(5-8(7)2)18-14(17-10)13-9(3)16-12(6-15)19-13/h4-5H,6,15H2,1-3H3,(H,17,18). The normalized spacial score (nSPS) is 11.4. The van der Waals surface area contributed by atoms with E-state index in [2.05, 4.69) is 40.9 Å². The van der Waals surface area contributed by atoms with Crippen LogP contribution in [0.3, 0.4) is 0 Å².